The monoisotopic (exact) mass is 427 g/mol. The average Bonchev–Trinajstić information content (AvgIpc) is 3.09. The van der Waals surface area contributed by atoms with Gasteiger partial charge >= 0.3 is 5.69 Å². The minimum atomic E-state index is -0.423. The number of halogens is 2. The Hall–Kier alpha value is -2.79. The van der Waals surface area contributed by atoms with Gasteiger partial charge in [-0.2, -0.15) is 9.61 Å². The molecule has 0 saturated heterocycles. The molecule has 9 heteroatoms. The van der Waals surface area contributed by atoms with E-state index in [4.69, 9.17) is 29.6 Å². The van der Waals surface area contributed by atoms with Gasteiger partial charge in [0.15, 0.2) is 10.8 Å². The molecule has 0 fully saturated rings. The molecule has 0 radical (unpaired) electrons. The summed E-state index contributed by atoms with van der Waals surface area (Å²) in [6.07, 6.45) is 6.97. The molecule has 0 bridgehead atoms. The Balaban J connectivity index is 2.05. The molecule has 0 unspecified atom stereocenters. The van der Waals surface area contributed by atoms with Crippen molar-refractivity contribution in [1.29, 1.82) is 0 Å². The molecule has 4 rings (SSSR count). The van der Waals surface area contributed by atoms with Crippen molar-refractivity contribution in [2.75, 3.05) is 5.75 Å². The molecular formula is C19H11Cl2N5OS. The topological polar surface area (TPSA) is 75.9 Å². The minimum absolute atomic E-state index is 0.377. The van der Waals surface area contributed by atoms with Crippen LogP contribution >= 0.6 is 35.0 Å². The zero-order chi connectivity index (χ0) is 19.7. The van der Waals surface area contributed by atoms with Crippen molar-refractivity contribution < 1.29 is 0 Å². The van der Waals surface area contributed by atoms with E-state index in [-0.39, 0.29) is 0 Å². The zero-order valence-electron chi connectivity index (χ0n) is 14.2. The Morgan fingerprint density at radius 3 is 2.79 bits per heavy atom. The largest absolute Gasteiger partial charge is 0.350 e. The number of thioether (sulfide) groups is 1. The van der Waals surface area contributed by atoms with Crippen LogP contribution in [0.3, 0.4) is 0 Å². The van der Waals surface area contributed by atoms with Gasteiger partial charge in [0.1, 0.15) is 5.69 Å². The fourth-order valence-electron chi connectivity index (χ4n) is 2.70. The summed E-state index contributed by atoms with van der Waals surface area (Å²) in [7, 11) is 0. The molecule has 0 aliphatic rings. The van der Waals surface area contributed by atoms with E-state index in [0.717, 1.165) is 5.56 Å². The third kappa shape index (κ3) is 3.38. The van der Waals surface area contributed by atoms with Gasteiger partial charge in [-0.05, 0) is 29.8 Å². The molecule has 1 N–H and O–H groups in total. The number of pyridine rings is 1. The molecule has 1 aromatic carbocycles. The zero-order valence-corrected chi connectivity index (χ0v) is 16.5. The lowest BCUT2D eigenvalue weighted by molar-refractivity contribution is 0.788. The Morgan fingerprint density at radius 2 is 2.07 bits per heavy atom. The molecule has 0 saturated carbocycles. The highest BCUT2D eigenvalue weighted by Gasteiger charge is 2.21. The molecule has 6 nitrogen and oxygen atoms in total. The van der Waals surface area contributed by atoms with Crippen LogP contribution in [0.1, 0.15) is 0 Å². The number of H-pyrrole nitrogens is 1. The number of benzene rings is 1. The van der Waals surface area contributed by atoms with Crippen LogP contribution in [0.2, 0.25) is 10.0 Å². The van der Waals surface area contributed by atoms with Crippen molar-refractivity contribution in [2.45, 2.75) is 5.16 Å². The number of aromatic nitrogens is 5. The smallest absolute Gasteiger partial charge is 0.285 e. The van der Waals surface area contributed by atoms with E-state index >= 15 is 0 Å². The van der Waals surface area contributed by atoms with E-state index in [9.17, 15) is 4.79 Å². The van der Waals surface area contributed by atoms with E-state index < -0.39 is 5.69 Å². The highest BCUT2D eigenvalue weighted by molar-refractivity contribution is 7.99. The number of fused-ring (bicyclic) bond motifs is 1. The van der Waals surface area contributed by atoms with Gasteiger partial charge in [-0.3, -0.25) is 9.97 Å². The molecule has 0 amide bonds. The Kier molecular flexibility index (Phi) is 5.09. The highest BCUT2D eigenvalue weighted by Crippen LogP contribution is 2.36. The first-order chi connectivity index (χ1) is 13.6. The average molecular weight is 428 g/mol. The molecule has 3 aromatic heterocycles. The molecule has 3 heterocycles. The molecule has 138 valence electrons. The van der Waals surface area contributed by atoms with Gasteiger partial charge in [-0.25, -0.2) is 9.78 Å². The van der Waals surface area contributed by atoms with Crippen LogP contribution in [-0.4, -0.2) is 30.3 Å². The Morgan fingerprint density at radius 1 is 1.21 bits per heavy atom. The highest BCUT2D eigenvalue weighted by atomic mass is 35.5. The number of nitrogens with one attached hydrogen (secondary N) is 1. The number of rotatable bonds is 4. The maximum absolute atomic E-state index is 12.6. The summed E-state index contributed by atoms with van der Waals surface area (Å²) >= 11 is 13.5. The summed E-state index contributed by atoms with van der Waals surface area (Å²) in [6.45, 7) is 0. The quantitative estimate of drug-likeness (QED) is 0.390. The molecule has 28 heavy (non-hydrogen) atoms. The summed E-state index contributed by atoms with van der Waals surface area (Å²) in [4.78, 5) is 24.2. The maximum atomic E-state index is 12.6. The van der Waals surface area contributed by atoms with Gasteiger partial charge in [0.25, 0.3) is 0 Å². The first kappa shape index (κ1) is 18.6. The number of terminal acetylenes is 1. The fourth-order valence-corrected chi connectivity index (χ4v) is 3.53. The first-order valence-corrected chi connectivity index (χ1v) is 9.79. The number of hydrogen-bond donors (Lipinski definition) is 1. The number of aromatic amines is 1. The second-order valence-corrected chi connectivity index (χ2v) is 7.42. The normalized spacial score (nSPS) is 10.9. The first-order valence-electron chi connectivity index (χ1n) is 8.04. The summed E-state index contributed by atoms with van der Waals surface area (Å²) in [5.41, 5.74) is 2.42. The third-order valence-electron chi connectivity index (χ3n) is 3.88. The van der Waals surface area contributed by atoms with Crippen molar-refractivity contribution in [1.82, 2.24) is 24.6 Å². The molecule has 0 aliphatic carbocycles. The van der Waals surface area contributed by atoms with Crippen LogP contribution < -0.4 is 5.69 Å². The summed E-state index contributed by atoms with van der Waals surface area (Å²) in [5, 5.41) is 5.68. The Bertz CT molecular complexity index is 1280. The number of nitrogens with zero attached hydrogens (tertiary/aromatic N) is 4. The summed E-state index contributed by atoms with van der Waals surface area (Å²) < 4.78 is 1.21. The second-order valence-electron chi connectivity index (χ2n) is 5.64. The summed E-state index contributed by atoms with van der Waals surface area (Å²) in [6, 6.07) is 10.7. The van der Waals surface area contributed by atoms with Gasteiger partial charge in [0, 0.05) is 6.20 Å². The van der Waals surface area contributed by atoms with E-state index in [1.165, 1.54) is 16.3 Å². The molecule has 0 aliphatic heterocycles. The van der Waals surface area contributed by atoms with Gasteiger partial charge < -0.3 is 0 Å². The lowest BCUT2D eigenvalue weighted by atomic mass is 10.0. The van der Waals surface area contributed by atoms with Crippen LogP contribution in [0.15, 0.2) is 52.5 Å². The van der Waals surface area contributed by atoms with Gasteiger partial charge in [0.2, 0.25) is 0 Å². The lowest BCUT2D eigenvalue weighted by Gasteiger charge is -2.05. The van der Waals surface area contributed by atoms with Crippen LogP contribution in [0.4, 0.5) is 0 Å². The predicted molar refractivity (Wildman–Crippen MR) is 112 cm³/mol. The van der Waals surface area contributed by atoms with Crippen molar-refractivity contribution in [3.63, 3.8) is 0 Å². The molecule has 4 aromatic rings. The van der Waals surface area contributed by atoms with Crippen LogP contribution in [0.5, 0.6) is 0 Å². The van der Waals surface area contributed by atoms with Gasteiger partial charge in [0.05, 0.1) is 27.1 Å². The van der Waals surface area contributed by atoms with Crippen molar-refractivity contribution >= 4 is 40.6 Å². The van der Waals surface area contributed by atoms with Crippen LogP contribution in [-0.2, 0) is 0 Å². The van der Waals surface area contributed by atoms with Gasteiger partial charge in [-0.15, -0.1) is 6.42 Å². The molecular weight excluding hydrogens is 417 g/mol. The third-order valence-corrected chi connectivity index (χ3v) is 5.40. The standard InChI is InChI=1S/C19H11Cl2N5OS/c1-2-9-28-18-23-17-15(11-6-7-12(20)13(21)10-11)16(14-5-3-4-8-22-14)25-26(17)19(27)24-18/h1,3-8,10H,9H2,(H,23,24,27). The summed E-state index contributed by atoms with van der Waals surface area (Å²) in [5.74, 6) is 2.89. The van der Waals surface area contributed by atoms with Crippen molar-refractivity contribution in [3.05, 3.63) is 63.1 Å². The maximum Gasteiger partial charge on any atom is 0.350 e. The van der Waals surface area contributed by atoms with Gasteiger partial charge in [-0.1, -0.05) is 53.0 Å². The fraction of sp³-hybridized carbons (Fsp3) is 0.0526. The SMILES string of the molecule is C#CCSc1nc2c(-c3ccc(Cl)c(Cl)c3)c(-c3ccccn3)nn2c(=O)[nH]1. The molecule has 0 atom stereocenters. The van der Waals surface area contributed by atoms with E-state index in [1.54, 1.807) is 30.5 Å². The van der Waals surface area contributed by atoms with Crippen molar-refractivity contribution in [3.8, 4) is 34.9 Å². The van der Waals surface area contributed by atoms with E-state index in [2.05, 4.69) is 26.0 Å². The predicted octanol–water partition coefficient (Wildman–Crippen LogP) is 4.18. The minimum Gasteiger partial charge on any atom is -0.285 e. The Labute approximate surface area is 173 Å². The van der Waals surface area contributed by atoms with E-state index in [0.29, 0.717) is 43.6 Å². The lowest BCUT2D eigenvalue weighted by Crippen LogP contribution is -2.19. The molecule has 0 spiro atoms. The second kappa shape index (κ2) is 7.68. The van der Waals surface area contributed by atoms with E-state index in [1.807, 2.05) is 12.1 Å². The number of hydrogen-bond acceptors (Lipinski definition) is 5. The van der Waals surface area contributed by atoms with Crippen molar-refractivity contribution in [2.24, 2.45) is 0 Å². The van der Waals surface area contributed by atoms with Crippen LogP contribution in [0, 0.1) is 12.3 Å². The van der Waals surface area contributed by atoms with Crippen LogP contribution in [0.25, 0.3) is 28.2 Å².